The highest BCUT2D eigenvalue weighted by Gasteiger charge is 2.05. The monoisotopic (exact) mass is 418 g/mol. The van der Waals surface area contributed by atoms with Gasteiger partial charge in [-0.15, -0.1) is 0 Å². The minimum atomic E-state index is 0.663. The number of aldehydes is 2. The van der Waals surface area contributed by atoms with E-state index in [1.165, 1.54) is 0 Å². The minimum Gasteiger partial charge on any atom is -0.298 e. The maximum Gasteiger partial charge on any atom is 0.150 e. The van der Waals surface area contributed by atoms with Crippen molar-refractivity contribution in [1.29, 1.82) is 0 Å². The zero-order valence-electron chi connectivity index (χ0n) is 17.9. The minimum absolute atomic E-state index is 0.663. The third kappa shape index (κ3) is 4.60. The van der Waals surface area contributed by atoms with Gasteiger partial charge in [-0.3, -0.25) is 9.59 Å². The molecule has 0 saturated carbocycles. The summed E-state index contributed by atoms with van der Waals surface area (Å²) in [7, 11) is 0. The van der Waals surface area contributed by atoms with Gasteiger partial charge in [0.05, 0.1) is 11.4 Å². The normalized spacial score (nSPS) is 10.9. The maximum atomic E-state index is 10.9. The summed E-state index contributed by atoms with van der Waals surface area (Å²) in [6, 6.07) is 27.0. The van der Waals surface area contributed by atoms with Gasteiger partial charge in [-0.25, -0.2) is 0 Å². The molecular weight excluding hydrogens is 396 g/mol. The summed E-state index contributed by atoms with van der Waals surface area (Å²) in [5.74, 6) is 0. The fourth-order valence-electron chi connectivity index (χ4n) is 3.67. The maximum absolute atomic E-state index is 10.9. The molecule has 0 bridgehead atoms. The van der Waals surface area contributed by atoms with E-state index in [4.69, 9.17) is 0 Å². The van der Waals surface area contributed by atoms with E-state index in [2.05, 4.69) is 10.2 Å². The molecule has 0 heterocycles. The Morgan fingerprint density at radius 3 is 1.22 bits per heavy atom. The molecule has 4 rings (SSSR count). The molecule has 0 saturated heterocycles. The van der Waals surface area contributed by atoms with Gasteiger partial charge in [0.1, 0.15) is 12.6 Å². The lowest BCUT2D eigenvalue weighted by atomic mass is 9.99. The van der Waals surface area contributed by atoms with E-state index >= 15 is 0 Å². The summed E-state index contributed by atoms with van der Waals surface area (Å²) in [6.45, 7) is 4.08. The lowest BCUT2D eigenvalue weighted by molar-refractivity contribution is 0.111. The number of rotatable bonds is 6. The smallest absolute Gasteiger partial charge is 0.150 e. The van der Waals surface area contributed by atoms with Gasteiger partial charge in [0, 0.05) is 11.1 Å². The van der Waals surface area contributed by atoms with Crippen LogP contribution in [0.15, 0.2) is 95.2 Å². The molecule has 0 atom stereocenters. The first-order chi connectivity index (χ1) is 15.6. The van der Waals surface area contributed by atoms with Crippen molar-refractivity contribution in [2.24, 2.45) is 10.2 Å². The van der Waals surface area contributed by atoms with Crippen molar-refractivity contribution < 1.29 is 9.59 Å². The second kappa shape index (κ2) is 9.31. The molecule has 32 heavy (non-hydrogen) atoms. The van der Waals surface area contributed by atoms with Gasteiger partial charge in [0.15, 0.2) is 0 Å². The number of carbonyl (C=O) groups is 2. The van der Waals surface area contributed by atoms with Crippen LogP contribution >= 0.6 is 0 Å². The van der Waals surface area contributed by atoms with Crippen LogP contribution < -0.4 is 0 Å². The first-order valence-corrected chi connectivity index (χ1v) is 10.3. The van der Waals surface area contributed by atoms with E-state index in [1.807, 2.05) is 98.8 Å². The van der Waals surface area contributed by atoms with E-state index in [0.717, 1.165) is 57.3 Å². The Hall–Kier alpha value is -4.18. The standard InChI is InChI=1S/C28H22N2O2/c1-19-15-25(11-13-27(19)23-7-3-21(17-31)4-8-23)29-30-26-12-14-28(20(2)16-26)24-9-5-22(18-32)6-10-24/h3-18H,1-2H3. The van der Waals surface area contributed by atoms with Crippen molar-refractivity contribution in [3.05, 3.63) is 107 Å². The first-order valence-electron chi connectivity index (χ1n) is 10.3. The molecule has 156 valence electrons. The van der Waals surface area contributed by atoms with Gasteiger partial charge in [0.2, 0.25) is 0 Å². The Morgan fingerprint density at radius 2 is 0.906 bits per heavy atom. The van der Waals surface area contributed by atoms with Crippen molar-refractivity contribution in [1.82, 2.24) is 0 Å². The van der Waals surface area contributed by atoms with Crippen LogP contribution in [0.5, 0.6) is 0 Å². The second-order valence-electron chi connectivity index (χ2n) is 7.68. The Balaban J connectivity index is 1.53. The fourth-order valence-corrected chi connectivity index (χ4v) is 3.67. The Labute approximate surface area is 187 Å². The molecule has 0 unspecified atom stereocenters. The molecule has 4 nitrogen and oxygen atoms in total. The van der Waals surface area contributed by atoms with Crippen LogP contribution in [-0.2, 0) is 0 Å². The number of nitrogens with zero attached hydrogens (tertiary/aromatic N) is 2. The number of aryl methyl sites for hydroxylation is 2. The van der Waals surface area contributed by atoms with Gasteiger partial charge < -0.3 is 0 Å². The van der Waals surface area contributed by atoms with Crippen molar-refractivity contribution in [2.75, 3.05) is 0 Å². The number of hydrogen-bond donors (Lipinski definition) is 0. The van der Waals surface area contributed by atoms with Crippen molar-refractivity contribution in [3.63, 3.8) is 0 Å². The molecule has 4 aromatic carbocycles. The van der Waals surface area contributed by atoms with Gasteiger partial charge in [0.25, 0.3) is 0 Å². The van der Waals surface area contributed by atoms with Crippen LogP contribution in [-0.4, -0.2) is 12.6 Å². The first kappa shape index (κ1) is 21.1. The van der Waals surface area contributed by atoms with Crippen LogP contribution in [0.2, 0.25) is 0 Å². The molecule has 0 aliphatic rings. The third-order valence-corrected chi connectivity index (χ3v) is 5.42. The van der Waals surface area contributed by atoms with E-state index in [1.54, 1.807) is 0 Å². The quantitative estimate of drug-likeness (QED) is 0.238. The van der Waals surface area contributed by atoms with Crippen molar-refractivity contribution in [3.8, 4) is 22.3 Å². The lowest BCUT2D eigenvalue weighted by Gasteiger charge is -2.08. The Kier molecular flexibility index (Phi) is 6.13. The molecular formula is C28H22N2O2. The molecule has 0 radical (unpaired) electrons. The van der Waals surface area contributed by atoms with Crippen molar-refractivity contribution in [2.45, 2.75) is 13.8 Å². The summed E-state index contributed by atoms with van der Waals surface area (Å²) in [5, 5.41) is 8.81. The molecule has 0 fully saturated rings. The summed E-state index contributed by atoms with van der Waals surface area (Å²) in [6.07, 6.45) is 1.69. The predicted octanol–water partition coefficient (Wildman–Crippen LogP) is 7.68. The topological polar surface area (TPSA) is 58.9 Å². The van der Waals surface area contributed by atoms with Gasteiger partial charge in [-0.1, -0.05) is 60.7 Å². The molecule has 0 aromatic heterocycles. The van der Waals surface area contributed by atoms with Crippen LogP contribution in [0.1, 0.15) is 31.8 Å². The summed E-state index contributed by atoms with van der Waals surface area (Å²) < 4.78 is 0. The molecule has 0 amide bonds. The van der Waals surface area contributed by atoms with Gasteiger partial charge >= 0.3 is 0 Å². The van der Waals surface area contributed by atoms with Crippen LogP contribution in [0, 0.1) is 13.8 Å². The lowest BCUT2D eigenvalue weighted by Crippen LogP contribution is -1.85. The average molecular weight is 418 g/mol. The number of benzene rings is 4. The molecule has 0 aliphatic carbocycles. The fraction of sp³-hybridized carbons (Fsp3) is 0.0714. The number of hydrogen-bond acceptors (Lipinski definition) is 4. The average Bonchev–Trinajstić information content (AvgIpc) is 2.83. The zero-order chi connectivity index (χ0) is 22.5. The highest BCUT2D eigenvalue weighted by Crippen LogP contribution is 2.30. The van der Waals surface area contributed by atoms with Gasteiger partial charge in [-0.2, -0.15) is 10.2 Å². The highest BCUT2D eigenvalue weighted by atomic mass is 16.1. The Bertz CT molecular complexity index is 1200. The van der Waals surface area contributed by atoms with Crippen LogP contribution in [0.4, 0.5) is 11.4 Å². The largest absolute Gasteiger partial charge is 0.298 e. The summed E-state index contributed by atoms with van der Waals surface area (Å²) in [4.78, 5) is 21.7. The van der Waals surface area contributed by atoms with Crippen molar-refractivity contribution >= 4 is 23.9 Å². The van der Waals surface area contributed by atoms with E-state index in [0.29, 0.717) is 11.1 Å². The highest BCUT2D eigenvalue weighted by molar-refractivity contribution is 5.78. The van der Waals surface area contributed by atoms with E-state index in [9.17, 15) is 9.59 Å². The van der Waals surface area contributed by atoms with E-state index in [-0.39, 0.29) is 0 Å². The SMILES string of the molecule is Cc1cc(N=Nc2ccc(-c3ccc(C=O)cc3)c(C)c2)ccc1-c1ccc(C=O)cc1. The predicted molar refractivity (Wildman–Crippen MR) is 128 cm³/mol. The molecule has 0 spiro atoms. The molecule has 4 heteroatoms. The third-order valence-electron chi connectivity index (χ3n) is 5.42. The van der Waals surface area contributed by atoms with Crippen LogP contribution in [0.3, 0.4) is 0 Å². The molecule has 0 aliphatic heterocycles. The number of azo groups is 1. The van der Waals surface area contributed by atoms with Gasteiger partial charge in [-0.05, 0) is 71.5 Å². The second-order valence-corrected chi connectivity index (χ2v) is 7.68. The zero-order valence-corrected chi connectivity index (χ0v) is 17.9. The summed E-state index contributed by atoms with van der Waals surface area (Å²) >= 11 is 0. The van der Waals surface area contributed by atoms with E-state index < -0.39 is 0 Å². The molecule has 4 aromatic rings. The number of carbonyl (C=O) groups excluding carboxylic acids is 2. The Morgan fingerprint density at radius 1 is 0.531 bits per heavy atom. The van der Waals surface area contributed by atoms with Crippen LogP contribution in [0.25, 0.3) is 22.3 Å². The summed E-state index contributed by atoms with van der Waals surface area (Å²) in [5.41, 5.74) is 9.38. The molecule has 0 N–H and O–H groups in total.